The van der Waals surface area contributed by atoms with Gasteiger partial charge in [0.2, 0.25) is 6.54 Å². The Morgan fingerprint density at radius 1 is 1.17 bits per heavy atom. The smallest absolute Gasteiger partial charge is 0.214 e. The van der Waals surface area contributed by atoms with E-state index >= 15 is 0 Å². The summed E-state index contributed by atoms with van der Waals surface area (Å²) in [4.78, 5) is 10.9. The standard InChI is InChI=1S/C18H18N2O3/c1-12-18(15-5-3-4-6-17(15)19(12)2)16(11-20(22)23)13-7-9-14(21)10-8-13/h3-10,16,21H,11H2,1-2H3. The molecule has 0 aliphatic heterocycles. The SMILES string of the molecule is Cc1c(C(C[N+](=O)[O-])c2ccc(O)cc2)c2ccccc2n1C. The molecule has 3 aromatic rings. The molecule has 3 rings (SSSR count). The maximum atomic E-state index is 11.2. The van der Waals surface area contributed by atoms with E-state index in [1.165, 1.54) is 0 Å². The Hall–Kier alpha value is -2.82. The first kappa shape index (κ1) is 15.1. The van der Waals surface area contributed by atoms with Crippen LogP contribution < -0.4 is 0 Å². The van der Waals surface area contributed by atoms with Crippen molar-refractivity contribution in [2.75, 3.05) is 6.54 Å². The molecule has 0 aliphatic carbocycles. The molecule has 0 spiro atoms. The number of aryl methyl sites for hydroxylation is 1. The molecule has 0 aliphatic rings. The summed E-state index contributed by atoms with van der Waals surface area (Å²) < 4.78 is 2.07. The van der Waals surface area contributed by atoms with Crippen molar-refractivity contribution in [3.8, 4) is 5.75 Å². The predicted molar refractivity (Wildman–Crippen MR) is 89.5 cm³/mol. The maximum absolute atomic E-state index is 11.2. The molecule has 0 amide bonds. The molecule has 1 N–H and O–H groups in total. The van der Waals surface area contributed by atoms with E-state index in [1.807, 2.05) is 38.2 Å². The molecule has 5 heteroatoms. The third-order valence-corrected chi connectivity index (χ3v) is 4.42. The van der Waals surface area contributed by atoms with Crippen LogP contribution in [0.1, 0.15) is 22.7 Å². The van der Waals surface area contributed by atoms with Gasteiger partial charge in [0.1, 0.15) is 5.75 Å². The highest BCUT2D eigenvalue weighted by Gasteiger charge is 2.26. The minimum Gasteiger partial charge on any atom is -0.508 e. The monoisotopic (exact) mass is 310 g/mol. The molecular formula is C18H18N2O3. The van der Waals surface area contributed by atoms with Crippen molar-refractivity contribution in [2.24, 2.45) is 7.05 Å². The third kappa shape index (κ3) is 2.65. The molecule has 1 heterocycles. The number of phenols is 1. The van der Waals surface area contributed by atoms with Crippen molar-refractivity contribution in [2.45, 2.75) is 12.8 Å². The number of benzene rings is 2. The predicted octanol–water partition coefficient (Wildman–Crippen LogP) is 3.60. The van der Waals surface area contributed by atoms with Gasteiger partial charge < -0.3 is 9.67 Å². The van der Waals surface area contributed by atoms with Crippen LogP contribution in [0.25, 0.3) is 10.9 Å². The van der Waals surface area contributed by atoms with Crippen molar-refractivity contribution in [3.05, 3.63) is 75.5 Å². The van der Waals surface area contributed by atoms with E-state index in [9.17, 15) is 15.2 Å². The van der Waals surface area contributed by atoms with Crippen molar-refractivity contribution < 1.29 is 10.0 Å². The second kappa shape index (κ2) is 5.76. The molecule has 2 aromatic carbocycles. The van der Waals surface area contributed by atoms with E-state index in [2.05, 4.69) is 4.57 Å². The number of nitro groups is 1. The molecule has 1 atom stereocenters. The molecule has 1 unspecified atom stereocenters. The molecular weight excluding hydrogens is 292 g/mol. The summed E-state index contributed by atoms with van der Waals surface area (Å²) in [6.07, 6.45) is 0. The molecule has 0 bridgehead atoms. The lowest BCUT2D eigenvalue weighted by Crippen LogP contribution is -2.15. The summed E-state index contributed by atoms with van der Waals surface area (Å²) in [6, 6.07) is 14.6. The summed E-state index contributed by atoms with van der Waals surface area (Å²) in [5.74, 6) is -0.194. The van der Waals surface area contributed by atoms with Crippen LogP contribution >= 0.6 is 0 Å². The van der Waals surface area contributed by atoms with Crippen LogP contribution in [0.15, 0.2) is 48.5 Å². The first-order valence-electron chi connectivity index (χ1n) is 7.43. The van der Waals surface area contributed by atoms with Crippen molar-refractivity contribution in [3.63, 3.8) is 0 Å². The van der Waals surface area contributed by atoms with Gasteiger partial charge in [0.15, 0.2) is 0 Å². The largest absolute Gasteiger partial charge is 0.508 e. The van der Waals surface area contributed by atoms with Crippen molar-refractivity contribution >= 4 is 10.9 Å². The average molecular weight is 310 g/mol. The van der Waals surface area contributed by atoms with Gasteiger partial charge in [-0.15, -0.1) is 0 Å². The number of aromatic nitrogens is 1. The van der Waals surface area contributed by atoms with Gasteiger partial charge in [-0.05, 0) is 36.2 Å². The van der Waals surface area contributed by atoms with Gasteiger partial charge in [0.25, 0.3) is 0 Å². The molecule has 118 valence electrons. The number of para-hydroxylation sites is 1. The topological polar surface area (TPSA) is 68.3 Å². The Balaban J connectivity index is 2.23. The summed E-state index contributed by atoms with van der Waals surface area (Å²) in [5, 5.41) is 21.7. The average Bonchev–Trinajstić information content (AvgIpc) is 2.78. The van der Waals surface area contributed by atoms with Gasteiger partial charge >= 0.3 is 0 Å². The number of fused-ring (bicyclic) bond motifs is 1. The highest BCUT2D eigenvalue weighted by molar-refractivity contribution is 5.86. The van der Waals surface area contributed by atoms with Gasteiger partial charge in [0.05, 0.1) is 5.92 Å². The fourth-order valence-electron chi connectivity index (χ4n) is 3.21. The van der Waals surface area contributed by atoms with E-state index in [1.54, 1.807) is 24.3 Å². The van der Waals surface area contributed by atoms with Gasteiger partial charge in [0, 0.05) is 28.6 Å². The minimum absolute atomic E-state index is 0.156. The second-order valence-corrected chi connectivity index (χ2v) is 5.73. The van der Waals surface area contributed by atoms with E-state index in [0.717, 1.165) is 27.7 Å². The van der Waals surface area contributed by atoms with Crippen LogP contribution in [0.2, 0.25) is 0 Å². The second-order valence-electron chi connectivity index (χ2n) is 5.73. The molecule has 23 heavy (non-hydrogen) atoms. The normalized spacial score (nSPS) is 12.4. The zero-order valence-electron chi connectivity index (χ0n) is 13.1. The summed E-state index contributed by atoms with van der Waals surface area (Å²) >= 11 is 0. The summed E-state index contributed by atoms with van der Waals surface area (Å²) in [5.41, 5.74) is 3.89. The fraction of sp³-hybridized carbons (Fsp3) is 0.222. The van der Waals surface area contributed by atoms with Gasteiger partial charge in [-0.3, -0.25) is 10.1 Å². The lowest BCUT2D eigenvalue weighted by atomic mass is 9.89. The summed E-state index contributed by atoms with van der Waals surface area (Å²) in [7, 11) is 1.97. The van der Waals surface area contributed by atoms with E-state index in [-0.39, 0.29) is 23.1 Å². The lowest BCUT2D eigenvalue weighted by Gasteiger charge is -2.15. The Morgan fingerprint density at radius 3 is 2.48 bits per heavy atom. The summed E-state index contributed by atoms with van der Waals surface area (Å²) in [6.45, 7) is 1.81. The van der Waals surface area contributed by atoms with E-state index in [0.29, 0.717) is 0 Å². The van der Waals surface area contributed by atoms with Crippen LogP contribution in [-0.4, -0.2) is 21.1 Å². The number of rotatable bonds is 4. The van der Waals surface area contributed by atoms with Crippen molar-refractivity contribution in [1.29, 1.82) is 0 Å². The third-order valence-electron chi connectivity index (χ3n) is 4.42. The van der Waals surface area contributed by atoms with E-state index < -0.39 is 0 Å². The zero-order valence-corrected chi connectivity index (χ0v) is 13.1. The Bertz CT molecular complexity index is 866. The number of aromatic hydroxyl groups is 1. The van der Waals surface area contributed by atoms with Gasteiger partial charge in [-0.25, -0.2) is 0 Å². The minimum atomic E-state index is -0.350. The van der Waals surface area contributed by atoms with Crippen LogP contribution in [0.5, 0.6) is 5.75 Å². The van der Waals surface area contributed by atoms with Crippen LogP contribution in [0.3, 0.4) is 0 Å². The first-order chi connectivity index (χ1) is 11.0. The molecule has 1 aromatic heterocycles. The fourth-order valence-corrected chi connectivity index (χ4v) is 3.21. The molecule has 0 radical (unpaired) electrons. The lowest BCUT2D eigenvalue weighted by molar-refractivity contribution is -0.481. The van der Waals surface area contributed by atoms with Crippen LogP contribution in [0.4, 0.5) is 0 Å². The van der Waals surface area contributed by atoms with Gasteiger partial charge in [-0.2, -0.15) is 0 Å². The molecule has 0 fully saturated rings. The van der Waals surface area contributed by atoms with Gasteiger partial charge in [-0.1, -0.05) is 30.3 Å². The van der Waals surface area contributed by atoms with E-state index in [4.69, 9.17) is 0 Å². The van der Waals surface area contributed by atoms with Crippen LogP contribution in [0, 0.1) is 17.0 Å². The zero-order chi connectivity index (χ0) is 16.6. The molecule has 5 nitrogen and oxygen atoms in total. The quantitative estimate of drug-likeness (QED) is 0.591. The number of hydrogen-bond donors (Lipinski definition) is 1. The number of phenolic OH excluding ortho intramolecular Hbond substituents is 1. The molecule has 0 saturated carbocycles. The highest BCUT2D eigenvalue weighted by Crippen LogP contribution is 2.35. The Kier molecular flexibility index (Phi) is 3.78. The number of hydrogen-bond acceptors (Lipinski definition) is 3. The maximum Gasteiger partial charge on any atom is 0.214 e. The molecule has 0 saturated heterocycles. The first-order valence-corrected chi connectivity index (χ1v) is 7.43. The van der Waals surface area contributed by atoms with Crippen molar-refractivity contribution in [1.82, 2.24) is 4.57 Å². The Morgan fingerprint density at radius 2 is 1.83 bits per heavy atom. The Labute approximate surface area is 133 Å². The number of nitrogens with zero attached hydrogens (tertiary/aromatic N) is 2. The highest BCUT2D eigenvalue weighted by atomic mass is 16.6. The van der Waals surface area contributed by atoms with Crippen LogP contribution in [-0.2, 0) is 7.05 Å².